The third kappa shape index (κ3) is 3.22. The van der Waals surface area contributed by atoms with Crippen LogP contribution < -0.4 is 14.4 Å². The molecule has 1 aliphatic carbocycles. The fraction of sp³-hybridized carbons (Fsp3) is 0.346. The van der Waals surface area contributed by atoms with Crippen LogP contribution in [0, 0.1) is 0 Å². The van der Waals surface area contributed by atoms with Crippen molar-refractivity contribution < 1.29 is 19.1 Å². The predicted octanol–water partition coefficient (Wildman–Crippen LogP) is 4.73. The molecule has 1 amide bonds. The van der Waals surface area contributed by atoms with E-state index in [0.29, 0.717) is 48.6 Å². The first-order valence-electron chi connectivity index (χ1n) is 11.1. The van der Waals surface area contributed by atoms with Gasteiger partial charge in [-0.05, 0) is 31.0 Å². The molecule has 164 valence electrons. The summed E-state index contributed by atoms with van der Waals surface area (Å²) in [4.78, 5) is 32.3. The molecule has 1 aliphatic heterocycles. The maximum atomic E-state index is 13.3. The molecule has 1 spiro atoms. The Morgan fingerprint density at radius 2 is 1.88 bits per heavy atom. The van der Waals surface area contributed by atoms with Gasteiger partial charge < -0.3 is 9.47 Å². The second-order valence-electron chi connectivity index (χ2n) is 8.54. The first-order chi connectivity index (χ1) is 15.5. The van der Waals surface area contributed by atoms with Crippen LogP contribution in [-0.2, 0) is 11.2 Å². The highest BCUT2D eigenvalue weighted by Gasteiger charge is 2.54. The number of carbonyl (C=O) groups excluding carboxylic acids is 2. The minimum absolute atomic E-state index is 0.0189. The Bertz CT molecular complexity index is 1210. The molecule has 0 N–H and O–H groups in total. The summed E-state index contributed by atoms with van der Waals surface area (Å²) in [7, 11) is 1.56. The second-order valence-corrected chi connectivity index (χ2v) is 8.54. The third-order valence-corrected chi connectivity index (χ3v) is 6.64. The fourth-order valence-electron chi connectivity index (χ4n) is 5.17. The number of hydrogen-bond acceptors (Lipinski definition) is 5. The lowest BCUT2D eigenvalue weighted by atomic mass is 9.90. The van der Waals surface area contributed by atoms with Crippen LogP contribution in [0.5, 0.6) is 11.5 Å². The van der Waals surface area contributed by atoms with Crippen LogP contribution in [-0.4, -0.2) is 35.9 Å². The molecule has 1 fully saturated rings. The Labute approximate surface area is 187 Å². The molecule has 0 bridgehead atoms. The normalized spacial score (nSPS) is 16.6. The number of rotatable bonds is 5. The quantitative estimate of drug-likeness (QED) is 0.586. The van der Waals surface area contributed by atoms with E-state index in [2.05, 4.69) is 6.07 Å². The zero-order valence-electron chi connectivity index (χ0n) is 18.4. The molecule has 6 nitrogen and oxygen atoms in total. The van der Waals surface area contributed by atoms with Crippen LogP contribution in [0.25, 0.3) is 10.9 Å². The van der Waals surface area contributed by atoms with Gasteiger partial charge in [-0.3, -0.25) is 19.5 Å². The number of ketones is 1. The molecule has 32 heavy (non-hydrogen) atoms. The van der Waals surface area contributed by atoms with Crippen molar-refractivity contribution in [3.05, 3.63) is 59.8 Å². The largest absolute Gasteiger partial charge is 0.493 e. The summed E-state index contributed by atoms with van der Waals surface area (Å²) in [5, 5.41) is 1.10. The van der Waals surface area contributed by atoms with Gasteiger partial charge in [0.05, 0.1) is 24.9 Å². The maximum absolute atomic E-state index is 13.3. The lowest BCUT2D eigenvalue weighted by Gasteiger charge is -2.33. The number of para-hydroxylation sites is 1. The van der Waals surface area contributed by atoms with Crippen LogP contribution in [0.3, 0.4) is 0 Å². The minimum Gasteiger partial charge on any atom is -0.493 e. The van der Waals surface area contributed by atoms with Crippen LogP contribution in [0.2, 0.25) is 0 Å². The van der Waals surface area contributed by atoms with Gasteiger partial charge in [0, 0.05) is 36.1 Å². The van der Waals surface area contributed by atoms with Gasteiger partial charge in [-0.2, -0.15) is 0 Å². The van der Waals surface area contributed by atoms with Gasteiger partial charge in [-0.15, -0.1) is 0 Å². The number of hydrogen-bond donors (Lipinski definition) is 0. The van der Waals surface area contributed by atoms with Crippen molar-refractivity contribution in [2.75, 3.05) is 18.6 Å². The summed E-state index contributed by atoms with van der Waals surface area (Å²) in [5.41, 5.74) is 2.32. The molecule has 5 rings (SSSR count). The van der Waals surface area contributed by atoms with Crippen LogP contribution in [0.15, 0.2) is 48.5 Å². The SMILES string of the molecule is COc1cc2c(cc1OCCc1ccc3ccccc3n1)N(C(C)=O)C1(CCCC1)C2=O. The molecule has 0 atom stereocenters. The molecule has 1 saturated carbocycles. The first kappa shape index (κ1) is 20.5. The molecule has 1 aromatic heterocycles. The highest BCUT2D eigenvalue weighted by molar-refractivity contribution is 6.20. The molecule has 3 aromatic rings. The number of ether oxygens (including phenoxy) is 2. The summed E-state index contributed by atoms with van der Waals surface area (Å²) < 4.78 is 11.6. The lowest BCUT2D eigenvalue weighted by Crippen LogP contribution is -2.50. The number of anilines is 1. The standard InChI is InChI=1S/C26H26N2O4/c1-17(29)28-22-16-24(23(31-2)15-20(22)25(30)26(28)12-5-6-13-26)32-14-11-19-10-9-18-7-3-4-8-21(18)27-19/h3-4,7-10,15-16H,5-6,11-14H2,1-2H3. The Morgan fingerprint density at radius 1 is 1.09 bits per heavy atom. The maximum Gasteiger partial charge on any atom is 0.224 e. The van der Waals surface area contributed by atoms with E-state index in [1.807, 2.05) is 30.3 Å². The number of fused-ring (bicyclic) bond motifs is 2. The van der Waals surface area contributed by atoms with Crippen LogP contribution >= 0.6 is 0 Å². The monoisotopic (exact) mass is 430 g/mol. The second kappa shape index (κ2) is 7.93. The molecule has 0 radical (unpaired) electrons. The smallest absolute Gasteiger partial charge is 0.224 e. The number of carbonyl (C=O) groups is 2. The zero-order chi connectivity index (χ0) is 22.3. The molecule has 6 heteroatoms. The van der Waals surface area contributed by atoms with Crippen molar-refractivity contribution >= 4 is 28.3 Å². The number of Topliss-reactive ketones (excluding diaryl/α,β-unsaturated/α-hetero) is 1. The van der Waals surface area contributed by atoms with Crippen molar-refractivity contribution in [1.82, 2.24) is 4.98 Å². The molecule has 0 unspecified atom stereocenters. The summed E-state index contributed by atoms with van der Waals surface area (Å²) in [6, 6.07) is 15.6. The van der Waals surface area contributed by atoms with Gasteiger partial charge >= 0.3 is 0 Å². The highest BCUT2D eigenvalue weighted by atomic mass is 16.5. The van der Waals surface area contributed by atoms with E-state index in [9.17, 15) is 9.59 Å². The average molecular weight is 431 g/mol. The minimum atomic E-state index is -0.743. The van der Waals surface area contributed by atoms with Crippen LogP contribution in [0.4, 0.5) is 5.69 Å². The Kier molecular flexibility index (Phi) is 5.08. The number of aromatic nitrogens is 1. The van der Waals surface area contributed by atoms with Crippen molar-refractivity contribution in [2.24, 2.45) is 0 Å². The van der Waals surface area contributed by atoms with Crippen LogP contribution in [0.1, 0.15) is 48.7 Å². The van der Waals surface area contributed by atoms with E-state index >= 15 is 0 Å². The molecule has 2 aromatic carbocycles. The van der Waals surface area contributed by atoms with Crippen molar-refractivity contribution in [1.29, 1.82) is 0 Å². The lowest BCUT2D eigenvalue weighted by molar-refractivity contribution is -0.117. The number of methoxy groups -OCH3 is 1. The molecular weight excluding hydrogens is 404 g/mol. The van der Waals surface area contributed by atoms with Gasteiger partial charge in [-0.25, -0.2) is 0 Å². The molecular formula is C26H26N2O4. The predicted molar refractivity (Wildman–Crippen MR) is 123 cm³/mol. The Balaban J connectivity index is 1.41. The number of amides is 1. The van der Waals surface area contributed by atoms with Crippen molar-refractivity contribution in [3.63, 3.8) is 0 Å². The van der Waals surface area contributed by atoms with Gasteiger partial charge in [0.1, 0.15) is 5.54 Å². The molecule has 0 saturated heterocycles. The van der Waals surface area contributed by atoms with E-state index < -0.39 is 5.54 Å². The van der Waals surface area contributed by atoms with E-state index in [0.717, 1.165) is 29.4 Å². The summed E-state index contributed by atoms with van der Waals surface area (Å²) >= 11 is 0. The summed E-state index contributed by atoms with van der Waals surface area (Å²) in [6.07, 6.45) is 3.92. The van der Waals surface area contributed by atoms with Gasteiger partial charge in [-0.1, -0.05) is 37.1 Å². The number of nitrogens with zero attached hydrogens (tertiary/aromatic N) is 2. The highest BCUT2D eigenvalue weighted by Crippen LogP contribution is 2.50. The number of benzene rings is 2. The van der Waals surface area contributed by atoms with E-state index in [4.69, 9.17) is 14.5 Å². The van der Waals surface area contributed by atoms with Gasteiger partial charge in [0.15, 0.2) is 17.3 Å². The van der Waals surface area contributed by atoms with E-state index in [1.165, 1.54) is 6.92 Å². The Morgan fingerprint density at radius 3 is 2.62 bits per heavy atom. The van der Waals surface area contributed by atoms with Crippen molar-refractivity contribution in [3.8, 4) is 11.5 Å². The summed E-state index contributed by atoms with van der Waals surface area (Å²) in [5.74, 6) is 0.934. The summed E-state index contributed by atoms with van der Waals surface area (Å²) in [6.45, 7) is 1.93. The average Bonchev–Trinajstić information content (AvgIpc) is 3.37. The van der Waals surface area contributed by atoms with Gasteiger partial charge in [0.25, 0.3) is 0 Å². The zero-order valence-corrected chi connectivity index (χ0v) is 18.4. The first-order valence-corrected chi connectivity index (χ1v) is 11.1. The molecule has 2 aliphatic rings. The Hall–Kier alpha value is -3.41. The van der Waals surface area contributed by atoms with E-state index in [1.54, 1.807) is 24.1 Å². The topological polar surface area (TPSA) is 68.7 Å². The third-order valence-electron chi connectivity index (χ3n) is 6.64. The van der Waals surface area contributed by atoms with Gasteiger partial charge in [0.2, 0.25) is 5.91 Å². The fourth-order valence-corrected chi connectivity index (χ4v) is 5.17. The van der Waals surface area contributed by atoms with Crippen molar-refractivity contribution in [2.45, 2.75) is 44.6 Å². The molecule has 2 heterocycles. The number of pyridine rings is 1. The van der Waals surface area contributed by atoms with E-state index in [-0.39, 0.29) is 11.7 Å².